The minimum atomic E-state index is -0.433. The maximum Gasteiger partial charge on any atom is 0.261 e. The minimum absolute atomic E-state index is 0.0469. The number of hydrogen-bond donors (Lipinski definition) is 1. The van der Waals surface area contributed by atoms with Crippen LogP contribution >= 0.6 is 0 Å². The summed E-state index contributed by atoms with van der Waals surface area (Å²) in [5.74, 6) is -0.475. The van der Waals surface area contributed by atoms with Crippen LogP contribution in [0.4, 0.5) is 0 Å². The van der Waals surface area contributed by atoms with Crippen molar-refractivity contribution in [3.8, 4) is 0 Å². The number of rotatable bonds is 4. The summed E-state index contributed by atoms with van der Waals surface area (Å²) in [6.07, 6.45) is 1.40. The van der Waals surface area contributed by atoms with E-state index in [0.717, 1.165) is 6.42 Å². The van der Waals surface area contributed by atoms with Gasteiger partial charge in [0.15, 0.2) is 0 Å². The smallest absolute Gasteiger partial charge is 0.261 e. The Morgan fingerprint density at radius 1 is 1.00 bits per heavy atom. The summed E-state index contributed by atoms with van der Waals surface area (Å²) in [7, 11) is 0. The molecule has 1 aromatic carbocycles. The lowest BCUT2D eigenvalue weighted by atomic mass is 10.1. The molecule has 23 heavy (non-hydrogen) atoms. The summed E-state index contributed by atoms with van der Waals surface area (Å²) in [6, 6.07) is 6.72. The molecule has 0 aromatic heterocycles. The molecule has 2 aliphatic heterocycles. The highest BCUT2D eigenvalue weighted by Gasteiger charge is 2.49. The Morgan fingerprint density at radius 3 is 2.26 bits per heavy atom. The van der Waals surface area contributed by atoms with Gasteiger partial charge in [-0.25, -0.2) is 0 Å². The SMILES string of the molecule is O=C1c2ccccc2C(=O)N1CCCN1C(=O)[C@H]2C[C@@H](O)[C@@H]1C2. The minimum Gasteiger partial charge on any atom is -0.391 e. The highest BCUT2D eigenvalue weighted by Crippen LogP contribution is 2.38. The Morgan fingerprint density at radius 2 is 1.65 bits per heavy atom. The van der Waals surface area contributed by atoms with Crippen LogP contribution in [0.15, 0.2) is 24.3 Å². The average Bonchev–Trinajstić information content (AvgIpc) is 3.15. The van der Waals surface area contributed by atoms with Gasteiger partial charge in [-0.1, -0.05) is 12.1 Å². The predicted molar refractivity (Wildman–Crippen MR) is 80.7 cm³/mol. The Balaban J connectivity index is 1.39. The van der Waals surface area contributed by atoms with E-state index < -0.39 is 6.10 Å². The van der Waals surface area contributed by atoms with Crippen LogP contribution in [-0.2, 0) is 4.79 Å². The molecular weight excluding hydrogens is 296 g/mol. The fourth-order valence-corrected chi connectivity index (χ4v) is 4.05. The molecule has 1 aromatic rings. The third-order valence-corrected chi connectivity index (χ3v) is 5.19. The molecule has 1 N–H and O–H groups in total. The number of hydrogen-bond acceptors (Lipinski definition) is 4. The number of carbonyl (C=O) groups is 3. The number of amides is 3. The number of likely N-dealkylation sites (tertiary alicyclic amines) is 1. The lowest BCUT2D eigenvalue weighted by Crippen LogP contribution is -2.45. The molecule has 2 heterocycles. The molecule has 1 saturated carbocycles. The van der Waals surface area contributed by atoms with Gasteiger partial charge < -0.3 is 10.0 Å². The monoisotopic (exact) mass is 314 g/mol. The Hall–Kier alpha value is -2.21. The third-order valence-electron chi connectivity index (χ3n) is 5.19. The normalized spacial score (nSPS) is 28.9. The molecule has 1 aliphatic carbocycles. The van der Waals surface area contributed by atoms with Crippen LogP contribution in [0.2, 0.25) is 0 Å². The van der Waals surface area contributed by atoms with Gasteiger partial charge in [0.2, 0.25) is 5.91 Å². The molecule has 4 rings (SSSR count). The van der Waals surface area contributed by atoms with E-state index in [0.29, 0.717) is 37.1 Å². The fourth-order valence-electron chi connectivity index (χ4n) is 4.05. The van der Waals surface area contributed by atoms with Crippen LogP contribution in [0.5, 0.6) is 0 Å². The topological polar surface area (TPSA) is 77.9 Å². The second kappa shape index (κ2) is 5.16. The Bertz CT molecular complexity index is 667. The molecule has 2 bridgehead atoms. The van der Waals surface area contributed by atoms with Gasteiger partial charge in [-0.3, -0.25) is 19.3 Å². The van der Waals surface area contributed by atoms with E-state index in [4.69, 9.17) is 0 Å². The zero-order valence-corrected chi connectivity index (χ0v) is 12.6. The van der Waals surface area contributed by atoms with Gasteiger partial charge in [0, 0.05) is 19.0 Å². The van der Waals surface area contributed by atoms with Crippen LogP contribution in [0.1, 0.15) is 40.0 Å². The first kappa shape index (κ1) is 14.4. The highest BCUT2D eigenvalue weighted by atomic mass is 16.3. The molecule has 0 unspecified atom stereocenters. The fraction of sp³-hybridized carbons (Fsp3) is 0.471. The summed E-state index contributed by atoms with van der Waals surface area (Å²) in [5, 5.41) is 9.91. The van der Waals surface area contributed by atoms with Crippen molar-refractivity contribution in [3.63, 3.8) is 0 Å². The summed E-state index contributed by atoms with van der Waals surface area (Å²) in [6.45, 7) is 0.772. The third kappa shape index (κ3) is 2.09. The Kier molecular flexibility index (Phi) is 3.23. The zero-order chi connectivity index (χ0) is 16.1. The van der Waals surface area contributed by atoms with Crippen molar-refractivity contribution in [1.29, 1.82) is 0 Å². The van der Waals surface area contributed by atoms with Gasteiger partial charge in [-0.15, -0.1) is 0 Å². The van der Waals surface area contributed by atoms with Gasteiger partial charge in [-0.2, -0.15) is 0 Å². The number of benzene rings is 1. The lowest BCUT2D eigenvalue weighted by molar-refractivity contribution is -0.137. The van der Waals surface area contributed by atoms with Gasteiger partial charge in [0.05, 0.1) is 23.3 Å². The molecule has 120 valence electrons. The number of imide groups is 1. The van der Waals surface area contributed by atoms with E-state index >= 15 is 0 Å². The molecule has 1 saturated heterocycles. The quantitative estimate of drug-likeness (QED) is 0.828. The first-order valence-electron chi connectivity index (χ1n) is 8.01. The lowest BCUT2D eigenvalue weighted by Gasteiger charge is -2.31. The van der Waals surface area contributed by atoms with E-state index in [1.54, 1.807) is 29.2 Å². The number of carbonyl (C=O) groups excluding carboxylic acids is 3. The van der Waals surface area contributed by atoms with E-state index in [9.17, 15) is 19.5 Å². The molecule has 3 aliphatic rings. The predicted octanol–water partition coefficient (Wildman–Crippen LogP) is 0.654. The van der Waals surface area contributed by atoms with E-state index in [-0.39, 0.29) is 29.7 Å². The molecule has 0 spiro atoms. The van der Waals surface area contributed by atoms with Crippen LogP contribution in [0, 0.1) is 5.92 Å². The Labute approximate surface area is 133 Å². The number of fused-ring (bicyclic) bond motifs is 3. The first-order valence-corrected chi connectivity index (χ1v) is 8.01. The van der Waals surface area contributed by atoms with Crippen LogP contribution < -0.4 is 0 Å². The number of piperidine rings is 1. The van der Waals surface area contributed by atoms with Crippen molar-refractivity contribution >= 4 is 17.7 Å². The second-order valence-corrected chi connectivity index (χ2v) is 6.50. The van der Waals surface area contributed by atoms with Crippen LogP contribution in [-0.4, -0.2) is 57.9 Å². The molecule has 6 nitrogen and oxygen atoms in total. The second-order valence-electron chi connectivity index (χ2n) is 6.50. The van der Waals surface area contributed by atoms with Gasteiger partial charge in [0.1, 0.15) is 0 Å². The van der Waals surface area contributed by atoms with Gasteiger partial charge in [-0.05, 0) is 31.4 Å². The number of aliphatic hydroxyl groups excluding tert-OH is 1. The van der Waals surface area contributed by atoms with E-state index in [2.05, 4.69) is 0 Å². The summed E-state index contributed by atoms with van der Waals surface area (Å²) in [4.78, 5) is 39.6. The zero-order valence-electron chi connectivity index (χ0n) is 12.6. The maximum atomic E-state index is 12.3. The number of nitrogens with zero attached hydrogens (tertiary/aromatic N) is 2. The summed E-state index contributed by atoms with van der Waals surface area (Å²) < 4.78 is 0. The van der Waals surface area contributed by atoms with Crippen molar-refractivity contribution in [2.75, 3.05) is 13.1 Å². The van der Waals surface area contributed by atoms with Crippen molar-refractivity contribution in [3.05, 3.63) is 35.4 Å². The molecule has 0 radical (unpaired) electrons. The highest BCUT2D eigenvalue weighted by molar-refractivity contribution is 6.21. The van der Waals surface area contributed by atoms with Crippen LogP contribution in [0.25, 0.3) is 0 Å². The van der Waals surface area contributed by atoms with Gasteiger partial charge in [0.25, 0.3) is 11.8 Å². The maximum absolute atomic E-state index is 12.3. The first-order chi connectivity index (χ1) is 11.1. The average molecular weight is 314 g/mol. The van der Waals surface area contributed by atoms with Crippen molar-refractivity contribution in [1.82, 2.24) is 9.80 Å². The van der Waals surface area contributed by atoms with Crippen molar-refractivity contribution < 1.29 is 19.5 Å². The summed E-state index contributed by atoms with van der Waals surface area (Å²) in [5.41, 5.74) is 0.897. The summed E-state index contributed by atoms with van der Waals surface area (Å²) >= 11 is 0. The largest absolute Gasteiger partial charge is 0.391 e. The van der Waals surface area contributed by atoms with Gasteiger partial charge >= 0.3 is 0 Å². The standard InChI is InChI=1S/C17H18N2O4/c20-14-9-10-8-13(14)18(15(10)21)6-3-7-19-16(22)11-4-1-2-5-12(11)17(19)23/h1-2,4-5,10,13-14,20H,3,6-9H2/t10-,13+,14-/m1/s1. The molecule has 3 amide bonds. The molecule has 6 heteroatoms. The van der Waals surface area contributed by atoms with E-state index in [1.165, 1.54) is 4.90 Å². The van der Waals surface area contributed by atoms with E-state index in [1.807, 2.05) is 0 Å². The molecule has 3 atom stereocenters. The van der Waals surface area contributed by atoms with Crippen molar-refractivity contribution in [2.24, 2.45) is 5.92 Å². The van der Waals surface area contributed by atoms with Crippen LogP contribution in [0.3, 0.4) is 0 Å². The molecular formula is C17H18N2O4. The number of aliphatic hydroxyl groups is 1. The van der Waals surface area contributed by atoms with Crippen molar-refractivity contribution in [2.45, 2.75) is 31.4 Å². The molecule has 2 fully saturated rings.